The summed E-state index contributed by atoms with van der Waals surface area (Å²) < 4.78 is 2.24. The smallest absolute Gasteiger partial charge is 0.256 e. The molecule has 4 aromatic rings. The van der Waals surface area contributed by atoms with Gasteiger partial charge in [0, 0.05) is 29.1 Å². The Bertz CT molecular complexity index is 1160. The Morgan fingerprint density at radius 3 is 2.48 bits per heavy atom. The second-order valence-corrected chi connectivity index (χ2v) is 8.28. The van der Waals surface area contributed by atoms with E-state index in [0.717, 1.165) is 17.9 Å². The molecule has 0 fully saturated rings. The minimum Gasteiger partial charge on any atom is -0.340 e. The number of benzene rings is 2. The predicted octanol–water partition coefficient (Wildman–Crippen LogP) is 5.60. The standard InChI is InChI=1S/C24H26N4O/c1-5-28-20-9-7-6-8-17(20)14-21(28)19-15-22(27-26-19)25-23(29)16-10-12-18(13-11-16)24(2,3)4/h6-15H,5H2,1-4H3,(H2,25,26,27,29). The Labute approximate surface area is 170 Å². The minimum absolute atomic E-state index is 0.0594. The van der Waals surface area contributed by atoms with Crippen LogP contribution in [0.4, 0.5) is 5.82 Å². The molecule has 0 saturated carbocycles. The topological polar surface area (TPSA) is 62.7 Å². The number of hydrogen-bond acceptors (Lipinski definition) is 2. The third kappa shape index (κ3) is 3.68. The highest BCUT2D eigenvalue weighted by atomic mass is 16.1. The summed E-state index contributed by atoms with van der Waals surface area (Å²) in [6.45, 7) is 9.44. The summed E-state index contributed by atoms with van der Waals surface area (Å²) in [6, 6.07) is 20.0. The first-order chi connectivity index (χ1) is 13.9. The SMILES string of the molecule is CCn1c(-c2cc(NC(=O)c3ccc(C(C)(C)C)cc3)n[nH]2)cc2ccccc21. The van der Waals surface area contributed by atoms with Crippen LogP contribution in [0.5, 0.6) is 0 Å². The first kappa shape index (κ1) is 19.0. The third-order valence-electron chi connectivity index (χ3n) is 5.24. The molecule has 1 amide bonds. The van der Waals surface area contributed by atoms with E-state index in [2.05, 4.69) is 66.0 Å². The van der Waals surface area contributed by atoms with Gasteiger partial charge in [0.1, 0.15) is 0 Å². The molecule has 29 heavy (non-hydrogen) atoms. The first-order valence-corrected chi connectivity index (χ1v) is 9.93. The van der Waals surface area contributed by atoms with E-state index in [1.54, 1.807) is 0 Å². The number of rotatable bonds is 4. The average Bonchev–Trinajstić information content (AvgIpc) is 3.31. The van der Waals surface area contributed by atoms with E-state index in [9.17, 15) is 4.79 Å². The molecule has 0 spiro atoms. The Balaban J connectivity index is 1.56. The number of amides is 1. The molecule has 0 unspecified atom stereocenters. The van der Waals surface area contributed by atoms with Gasteiger partial charge in [0.15, 0.2) is 5.82 Å². The lowest BCUT2D eigenvalue weighted by atomic mass is 9.87. The van der Waals surface area contributed by atoms with E-state index >= 15 is 0 Å². The number of aromatic amines is 1. The van der Waals surface area contributed by atoms with Crippen molar-refractivity contribution < 1.29 is 4.79 Å². The zero-order chi connectivity index (χ0) is 20.6. The van der Waals surface area contributed by atoms with Gasteiger partial charge in [-0.25, -0.2) is 0 Å². The molecule has 2 aromatic heterocycles. The summed E-state index contributed by atoms with van der Waals surface area (Å²) in [7, 11) is 0. The van der Waals surface area contributed by atoms with Crippen LogP contribution in [0.3, 0.4) is 0 Å². The molecular formula is C24H26N4O. The lowest BCUT2D eigenvalue weighted by Gasteiger charge is -2.18. The van der Waals surface area contributed by atoms with E-state index in [0.29, 0.717) is 11.4 Å². The molecule has 0 bridgehead atoms. The van der Waals surface area contributed by atoms with Crippen molar-refractivity contribution >= 4 is 22.6 Å². The maximum Gasteiger partial charge on any atom is 0.256 e. The normalized spacial score (nSPS) is 11.7. The summed E-state index contributed by atoms with van der Waals surface area (Å²) >= 11 is 0. The van der Waals surface area contributed by atoms with E-state index in [-0.39, 0.29) is 11.3 Å². The lowest BCUT2D eigenvalue weighted by Crippen LogP contribution is -2.14. The van der Waals surface area contributed by atoms with Gasteiger partial charge in [-0.1, -0.05) is 51.1 Å². The third-order valence-corrected chi connectivity index (χ3v) is 5.24. The van der Waals surface area contributed by atoms with Crippen LogP contribution < -0.4 is 5.32 Å². The second kappa shape index (κ2) is 7.24. The molecule has 148 valence electrons. The van der Waals surface area contributed by atoms with Gasteiger partial charge < -0.3 is 9.88 Å². The second-order valence-electron chi connectivity index (χ2n) is 8.28. The minimum atomic E-state index is -0.167. The number of carbonyl (C=O) groups is 1. The van der Waals surface area contributed by atoms with Gasteiger partial charge in [-0.3, -0.25) is 9.89 Å². The fourth-order valence-electron chi connectivity index (χ4n) is 3.60. The molecule has 0 atom stereocenters. The Kier molecular flexibility index (Phi) is 4.74. The molecule has 0 aliphatic heterocycles. The highest BCUT2D eigenvalue weighted by Gasteiger charge is 2.16. The molecule has 5 nitrogen and oxygen atoms in total. The van der Waals surface area contributed by atoms with E-state index in [1.165, 1.54) is 16.5 Å². The van der Waals surface area contributed by atoms with Crippen LogP contribution in [0.1, 0.15) is 43.6 Å². The number of hydrogen-bond donors (Lipinski definition) is 2. The van der Waals surface area contributed by atoms with Crippen molar-refractivity contribution in [3.05, 3.63) is 71.8 Å². The molecule has 0 saturated heterocycles. The molecule has 0 aliphatic carbocycles. The summed E-state index contributed by atoms with van der Waals surface area (Å²) in [5.41, 5.74) is 4.99. The monoisotopic (exact) mass is 386 g/mol. The first-order valence-electron chi connectivity index (χ1n) is 9.93. The molecule has 2 heterocycles. The number of nitrogens with one attached hydrogen (secondary N) is 2. The Hall–Kier alpha value is -3.34. The van der Waals surface area contributed by atoms with Crippen molar-refractivity contribution in [3.63, 3.8) is 0 Å². The number of anilines is 1. The van der Waals surface area contributed by atoms with E-state index < -0.39 is 0 Å². The Morgan fingerprint density at radius 2 is 1.79 bits per heavy atom. The zero-order valence-corrected chi connectivity index (χ0v) is 17.3. The van der Waals surface area contributed by atoms with Gasteiger partial charge in [-0.05, 0) is 42.2 Å². The van der Waals surface area contributed by atoms with Crippen LogP contribution in [0.15, 0.2) is 60.7 Å². The van der Waals surface area contributed by atoms with Gasteiger partial charge in [0.2, 0.25) is 0 Å². The number of aryl methyl sites for hydroxylation is 1. The van der Waals surface area contributed by atoms with Crippen LogP contribution in [-0.4, -0.2) is 20.7 Å². The number of fused-ring (bicyclic) bond motifs is 1. The molecule has 2 N–H and O–H groups in total. The average molecular weight is 386 g/mol. The van der Waals surface area contributed by atoms with Gasteiger partial charge >= 0.3 is 0 Å². The van der Waals surface area contributed by atoms with Gasteiger partial charge in [0.05, 0.1) is 11.4 Å². The quantitative estimate of drug-likeness (QED) is 0.479. The number of H-pyrrole nitrogens is 1. The van der Waals surface area contributed by atoms with Gasteiger partial charge in [-0.15, -0.1) is 0 Å². The molecule has 4 rings (SSSR count). The van der Waals surface area contributed by atoms with Crippen molar-refractivity contribution in [2.24, 2.45) is 0 Å². The lowest BCUT2D eigenvalue weighted by molar-refractivity contribution is 0.102. The molecule has 0 aliphatic rings. The van der Waals surface area contributed by atoms with E-state index in [4.69, 9.17) is 0 Å². The van der Waals surface area contributed by atoms with Crippen LogP contribution in [0.2, 0.25) is 0 Å². The van der Waals surface area contributed by atoms with Crippen LogP contribution >= 0.6 is 0 Å². The summed E-state index contributed by atoms with van der Waals surface area (Å²) in [5, 5.41) is 11.4. The largest absolute Gasteiger partial charge is 0.340 e. The van der Waals surface area contributed by atoms with Crippen LogP contribution in [-0.2, 0) is 12.0 Å². The molecule has 2 aromatic carbocycles. The van der Waals surface area contributed by atoms with Crippen molar-refractivity contribution in [1.29, 1.82) is 0 Å². The number of carbonyl (C=O) groups excluding carboxylic acids is 1. The predicted molar refractivity (Wildman–Crippen MR) is 118 cm³/mol. The zero-order valence-electron chi connectivity index (χ0n) is 17.3. The highest BCUT2D eigenvalue weighted by molar-refractivity contribution is 6.04. The van der Waals surface area contributed by atoms with Crippen LogP contribution in [0, 0.1) is 0 Å². The summed E-state index contributed by atoms with van der Waals surface area (Å²) in [6.07, 6.45) is 0. The van der Waals surface area contributed by atoms with Gasteiger partial charge in [0.25, 0.3) is 5.91 Å². The van der Waals surface area contributed by atoms with Crippen LogP contribution in [0.25, 0.3) is 22.3 Å². The molecule has 0 radical (unpaired) electrons. The number of aromatic nitrogens is 3. The van der Waals surface area contributed by atoms with Crippen molar-refractivity contribution in [3.8, 4) is 11.4 Å². The summed E-state index contributed by atoms with van der Waals surface area (Å²) in [4.78, 5) is 12.6. The molecule has 5 heteroatoms. The number of nitrogens with zero attached hydrogens (tertiary/aromatic N) is 2. The Morgan fingerprint density at radius 1 is 1.07 bits per heavy atom. The maximum atomic E-state index is 12.6. The number of para-hydroxylation sites is 1. The van der Waals surface area contributed by atoms with E-state index in [1.807, 2.05) is 42.5 Å². The van der Waals surface area contributed by atoms with Crippen molar-refractivity contribution in [1.82, 2.24) is 14.8 Å². The fourth-order valence-corrected chi connectivity index (χ4v) is 3.60. The molecular weight excluding hydrogens is 360 g/mol. The van der Waals surface area contributed by atoms with Crippen molar-refractivity contribution in [2.75, 3.05) is 5.32 Å². The summed E-state index contributed by atoms with van der Waals surface area (Å²) in [5.74, 6) is 0.345. The fraction of sp³-hybridized carbons (Fsp3) is 0.250. The van der Waals surface area contributed by atoms with Gasteiger partial charge in [-0.2, -0.15) is 5.10 Å². The van der Waals surface area contributed by atoms with Crippen molar-refractivity contribution in [2.45, 2.75) is 39.7 Å². The highest BCUT2D eigenvalue weighted by Crippen LogP contribution is 2.28. The maximum absolute atomic E-state index is 12.6.